The van der Waals surface area contributed by atoms with Crippen molar-refractivity contribution >= 4 is 35.9 Å². The van der Waals surface area contributed by atoms with Crippen molar-refractivity contribution in [2.45, 2.75) is 51.5 Å². The first-order valence-electron chi connectivity index (χ1n) is 12.1. The summed E-state index contributed by atoms with van der Waals surface area (Å²) in [7, 11) is 0. The van der Waals surface area contributed by atoms with Gasteiger partial charge in [-0.15, -0.1) is 12.4 Å². The highest BCUT2D eigenvalue weighted by Crippen LogP contribution is 2.35. The number of piperazine rings is 1. The van der Waals surface area contributed by atoms with Crippen molar-refractivity contribution in [2.75, 3.05) is 42.6 Å². The van der Waals surface area contributed by atoms with Crippen LogP contribution in [0, 0.1) is 6.92 Å². The Labute approximate surface area is 207 Å². The van der Waals surface area contributed by atoms with Crippen LogP contribution in [-0.4, -0.2) is 60.7 Å². The Bertz CT molecular complexity index is 1030. The molecule has 0 radical (unpaired) electrons. The lowest BCUT2D eigenvalue weighted by atomic mass is 9.98. The van der Waals surface area contributed by atoms with Crippen LogP contribution < -0.4 is 9.80 Å². The fraction of sp³-hybridized carbons (Fsp3) is 0.500. The molecule has 1 aromatic carbocycles. The van der Waals surface area contributed by atoms with Gasteiger partial charge in [0.15, 0.2) is 0 Å². The van der Waals surface area contributed by atoms with Crippen molar-refractivity contribution in [2.24, 2.45) is 0 Å². The van der Waals surface area contributed by atoms with Crippen molar-refractivity contribution in [3.63, 3.8) is 0 Å². The number of ether oxygens (including phenoxy) is 1. The number of nitrogens with zero attached hydrogens (tertiary/aromatic N) is 4. The van der Waals surface area contributed by atoms with Crippen LogP contribution in [0.5, 0.6) is 0 Å². The first kappa shape index (κ1) is 24.3. The molecule has 5 rings (SSSR count). The van der Waals surface area contributed by atoms with E-state index in [0.717, 1.165) is 24.6 Å². The predicted octanol–water partition coefficient (Wildman–Crippen LogP) is 4.78. The second-order valence-electron chi connectivity index (χ2n) is 9.51. The van der Waals surface area contributed by atoms with Gasteiger partial charge >= 0.3 is 6.09 Å². The molecule has 2 saturated heterocycles. The van der Waals surface area contributed by atoms with Gasteiger partial charge < -0.3 is 14.5 Å². The number of carbonyl (C=O) groups is 2. The Morgan fingerprint density at radius 2 is 1.74 bits per heavy atom. The molecule has 2 aromatic rings. The van der Waals surface area contributed by atoms with Crippen LogP contribution >= 0.6 is 12.4 Å². The summed E-state index contributed by atoms with van der Waals surface area (Å²) >= 11 is 0. The zero-order valence-electron chi connectivity index (χ0n) is 19.9. The van der Waals surface area contributed by atoms with E-state index in [1.807, 2.05) is 24.0 Å². The molecule has 2 amide bonds. The zero-order chi connectivity index (χ0) is 22.9. The summed E-state index contributed by atoms with van der Waals surface area (Å²) in [5.74, 6) is 1.74. The lowest BCUT2D eigenvalue weighted by molar-refractivity contribution is 0.0746. The monoisotopic (exact) mass is 484 g/mol. The van der Waals surface area contributed by atoms with Gasteiger partial charge in [-0.25, -0.2) is 9.78 Å². The number of pyridine rings is 1. The number of benzene rings is 1. The highest BCUT2D eigenvalue weighted by molar-refractivity contribution is 5.96. The van der Waals surface area contributed by atoms with Crippen LogP contribution in [0.25, 0.3) is 0 Å². The first-order valence-corrected chi connectivity index (χ1v) is 12.1. The molecule has 2 aliphatic heterocycles. The third-order valence-corrected chi connectivity index (χ3v) is 7.24. The quantitative estimate of drug-likeness (QED) is 0.625. The number of rotatable bonds is 4. The van der Waals surface area contributed by atoms with E-state index in [4.69, 9.17) is 9.72 Å². The molecule has 0 spiro atoms. The molecule has 0 N–H and O–H groups in total. The maximum absolute atomic E-state index is 13.0. The average Bonchev–Trinajstić information content (AvgIpc) is 3.49. The summed E-state index contributed by atoms with van der Waals surface area (Å²) in [6, 6.07) is 9.56. The van der Waals surface area contributed by atoms with E-state index >= 15 is 0 Å². The van der Waals surface area contributed by atoms with Crippen LogP contribution in [0.3, 0.4) is 0 Å². The van der Waals surface area contributed by atoms with Gasteiger partial charge in [0.1, 0.15) is 12.4 Å². The normalized spacial score (nSPS) is 20.9. The standard InChI is InChI=1S/C26H32N4O3.ClH/c1-18-15-22(20-5-3-4-6-20)16-27-24(18)28-11-13-29(14-12-28)25(31)21-7-9-23(10-8-21)30-19(2)17-33-26(30)32;/h7-10,15-16,19-20H,3-6,11-14,17H2,1-2H3;1H/t19-;/m1./s1. The molecule has 34 heavy (non-hydrogen) atoms. The molecule has 3 aliphatic rings. The SMILES string of the molecule is Cc1cc(C2CCCC2)cnc1N1CCN(C(=O)c2ccc(N3C(=O)OC[C@H]3C)cc2)CC1.Cl. The van der Waals surface area contributed by atoms with Gasteiger partial charge in [0.2, 0.25) is 0 Å². The summed E-state index contributed by atoms with van der Waals surface area (Å²) in [5, 5.41) is 0. The number of carbonyl (C=O) groups excluding carboxylic acids is 2. The molecule has 8 heteroatoms. The number of amides is 2. The lowest BCUT2D eigenvalue weighted by Crippen LogP contribution is -2.49. The Balaban J connectivity index is 0.00000274. The zero-order valence-corrected chi connectivity index (χ0v) is 20.7. The Hall–Kier alpha value is -2.80. The Morgan fingerprint density at radius 1 is 1.06 bits per heavy atom. The Kier molecular flexibility index (Phi) is 7.31. The number of cyclic esters (lactones) is 1. The van der Waals surface area contributed by atoms with E-state index in [0.29, 0.717) is 31.2 Å². The predicted molar refractivity (Wildman–Crippen MR) is 135 cm³/mol. The van der Waals surface area contributed by atoms with Crippen LogP contribution in [-0.2, 0) is 4.74 Å². The largest absolute Gasteiger partial charge is 0.447 e. The minimum Gasteiger partial charge on any atom is -0.447 e. The third-order valence-electron chi connectivity index (χ3n) is 7.24. The minimum atomic E-state index is -0.335. The minimum absolute atomic E-state index is 0. The maximum Gasteiger partial charge on any atom is 0.414 e. The van der Waals surface area contributed by atoms with E-state index < -0.39 is 0 Å². The number of aryl methyl sites for hydroxylation is 1. The summed E-state index contributed by atoms with van der Waals surface area (Å²) in [4.78, 5) is 35.6. The summed E-state index contributed by atoms with van der Waals surface area (Å²) in [5.41, 5.74) is 4.00. The Morgan fingerprint density at radius 3 is 2.32 bits per heavy atom. The molecule has 1 atom stereocenters. The molecule has 1 aliphatic carbocycles. The van der Waals surface area contributed by atoms with Gasteiger partial charge in [-0.1, -0.05) is 18.9 Å². The van der Waals surface area contributed by atoms with Gasteiger partial charge in [0.05, 0.1) is 6.04 Å². The number of hydrogen-bond donors (Lipinski definition) is 0. The highest BCUT2D eigenvalue weighted by Gasteiger charge is 2.31. The van der Waals surface area contributed by atoms with Gasteiger partial charge in [0, 0.05) is 43.6 Å². The van der Waals surface area contributed by atoms with Gasteiger partial charge in [-0.05, 0) is 68.0 Å². The fourth-order valence-electron chi connectivity index (χ4n) is 5.35. The summed E-state index contributed by atoms with van der Waals surface area (Å²) in [6.07, 6.45) is 6.95. The van der Waals surface area contributed by atoms with E-state index in [2.05, 4.69) is 24.1 Å². The first-order chi connectivity index (χ1) is 16.0. The van der Waals surface area contributed by atoms with Crippen LogP contribution in [0.2, 0.25) is 0 Å². The molecule has 1 saturated carbocycles. The van der Waals surface area contributed by atoms with Crippen molar-refractivity contribution < 1.29 is 14.3 Å². The van der Waals surface area contributed by atoms with E-state index in [1.165, 1.54) is 36.8 Å². The number of aromatic nitrogens is 1. The molecule has 7 nitrogen and oxygen atoms in total. The van der Waals surface area contributed by atoms with Crippen molar-refractivity contribution in [1.29, 1.82) is 0 Å². The second-order valence-corrected chi connectivity index (χ2v) is 9.51. The maximum atomic E-state index is 13.0. The smallest absolute Gasteiger partial charge is 0.414 e. The number of hydrogen-bond acceptors (Lipinski definition) is 5. The second kappa shape index (κ2) is 10.2. The third kappa shape index (κ3) is 4.71. The van der Waals surface area contributed by atoms with Crippen molar-refractivity contribution in [1.82, 2.24) is 9.88 Å². The van der Waals surface area contributed by atoms with E-state index in [1.54, 1.807) is 17.0 Å². The number of halogens is 1. The fourth-order valence-corrected chi connectivity index (χ4v) is 5.35. The van der Waals surface area contributed by atoms with Gasteiger partial charge in [0.25, 0.3) is 5.91 Å². The molecule has 0 unspecified atom stereocenters. The molecular formula is C26H33ClN4O3. The topological polar surface area (TPSA) is 66.0 Å². The van der Waals surface area contributed by atoms with Gasteiger partial charge in [-0.3, -0.25) is 9.69 Å². The van der Waals surface area contributed by atoms with E-state index in [9.17, 15) is 9.59 Å². The average molecular weight is 485 g/mol. The molecule has 3 heterocycles. The van der Waals surface area contributed by atoms with Gasteiger partial charge in [-0.2, -0.15) is 0 Å². The van der Waals surface area contributed by atoms with Crippen LogP contribution in [0.15, 0.2) is 36.5 Å². The molecule has 1 aromatic heterocycles. The summed E-state index contributed by atoms with van der Waals surface area (Å²) < 4.78 is 5.09. The highest BCUT2D eigenvalue weighted by atomic mass is 35.5. The molecular weight excluding hydrogens is 452 g/mol. The number of anilines is 2. The van der Waals surface area contributed by atoms with E-state index in [-0.39, 0.29) is 30.4 Å². The summed E-state index contributed by atoms with van der Waals surface area (Å²) in [6.45, 7) is 7.37. The van der Waals surface area contributed by atoms with Crippen LogP contribution in [0.1, 0.15) is 60.0 Å². The molecule has 0 bridgehead atoms. The van der Waals surface area contributed by atoms with Crippen molar-refractivity contribution in [3.8, 4) is 0 Å². The molecule has 3 fully saturated rings. The lowest BCUT2D eigenvalue weighted by Gasteiger charge is -2.36. The van der Waals surface area contributed by atoms with Crippen molar-refractivity contribution in [3.05, 3.63) is 53.2 Å². The van der Waals surface area contributed by atoms with Crippen LogP contribution in [0.4, 0.5) is 16.3 Å². The molecule has 182 valence electrons.